The average Bonchev–Trinajstić information content (AvgIpc) is 2.73. The third-order valence-electron chi connectivity index (χ3n) is 4.67. The molecule has 6 heteroatoms. The van der Waals surface area contributed by atoms with E-state index in [0.29, 0.717) is 17.5 Å². The van der Waals surface area contributed by atoms with Crippen LogP contribution < -0.4 is 10.1 Å². The van der Waals surface area contributed by atoms with Gasteiger partial charge in [0.1, 0.15) is 17.0 Å². The summed E-state index contributed by atoms with van der Waals surface area (Å²) >= 11 is 3.57. The van der Waals surface area contributed by atoms with Crippen LogP contribution in [0.15, 0.2) is 53.1 Å². The van der Waals surface area contributed by atoms with E-state index in [9.17, 15) is 9.90 Å². The molecule has 0 aliphatic rings. The highest BCUT2D eigenvalue weighted by molar-refractivity contribution is 9.10. The summed E-state index contributed by atoms with van der Waals surface area (Å²) < 4.78 is 6.05. The van der Waals surface area contributed by atoms with Gasteiger partial charge in [-0.05, 0) is 36.2 Å². The highest BCUT2D eigenvalue weighted by Crippen LogP contribution is 2.38. The quantitative estimate of drug-likeness (QED) is 0.533. The Kier molecular flexibility index (Phi) is 6.52. The summed E-state index contributed by atoms with van der Waals surface area (Å²) in [6.45, 7) is 2.05. The molecular formula is C22H23BrN2O3. The summed E-state index contributed by atoms with van der Waals surface area (Å²) in [5.74, 6) is 0.736. The summed E-state index contributed by atoms with van der Waals surface area (Å²) in [7, 11) is 1.61. The standard InChI is InChI=1S/C22H23BrN2O3/c1-3-4-7-19(26)25-20(14-8-10-15(28-2)11-9-14)17-13-18(23)16-6-5-12-24-21(16)22(17)27/h5-6,8-13,20,27H,3-4,7H2,1-2H3,(H,25,26). The number of pyridine rings is 1. The molecule has 3 aromatic rings. The Labute approximate surface area is 172 Å². The number of carbonyl (C=O) groups is 1. The first-order chi connectivity index (χ1) is 13.5. The number of hydrogen-bond acceptors (Lipinski definition) is 4. The van der Waals surface area contributed by atoms with Gasteiger partial charge in [-0.25, -0.2) is 0 Å². The number of benzene rings is 2. The second-order valence-electron chi connectivity index (χ2n) is 6.57. The fourth-order valence-corrected chi connectivity index (χ4v) is 3.70. The van der Waals surface area contributed by atoms with Gasteiger partial charge in [0, 0.05) is 28.0 Å². The lowest BCUT2D eigenvalue weighted by atomic mass is 9.96. The second-order valence-corrected chi connectivity index (χ2v) is 7.43. The van der Waals surface area contributed by atoms with Crippen molar-refractivity contribution in [2.75, 3.05) is 7.11 Å². The number of fused-ring (bicyclic) bond motifs is 1. The van der Waals surface area contributed by atoms with Crippen molar-refractivity contribution in [1.29, 1.82) is 0 Å². The maximum absolute atomic E-state index is 12.5. The second kappa shape index (κ2) is 9.06. The Bertz CT molecular complexity index is 973. The highest BCUT2D eigenvalue weighted by atomic mass is 79.9. The third kappa shape index (κ3) is 4.28. The van der Waals surface area contributed by atoms with Crippen LogP contribution in [0, 0.1) is 0 Å². The van der Waals surface area contributed by atoms with Crippen molar-refractivity contribution >= 4 is 32.7 Å². The zero-order valence-corrected chi connectivity index (χ0v) is 17.5. The number of rotatable bonds is 7. The van der Waals surface area contributed by atoms with E-state index in [1.807, 2.05) is 49.4 Å². The molecule has 5 nitrogen and oxygen atoms in total. The Morgan fingerprint density at radius 3 is 2.71 bits per heavy atom. The molecule has 0 bridgehead atoms. The number of methoxy groups -OCH3 is 1. The van der Waals surface area contributed by atoms with Crippen LogP contribution in [0.4, 0.5) is 0 Å². The molecule has 28 heavy (non-hydrogen) atoms. The number of hydrogen-bond donors (Lipinski definition) is 2. The predicted octanol–water partition coefficient (Wildman–Crippen LogP) is 5.11. The van der Waals surface area contributed by atoms with Crippen molar-refractivity contribution < 1.29 is 14.6 Å². The molecule has 2 N–H and O–H groups in total. The maximum atomic E-state index is 12.5. The van der Waals surface area contributed by atoms with Crippen molar-refractivity contribution in [3.8, 4) is 11.5 Å². The SMILES string of the molecule is CCCCC(=O)NC(c1ccc(OC)cc1)c1cc(Br)c2cccnc2c1O. The largest absolute Gasteiger partial charge is 0.505 e. The number of nitrogens with zero attached hydrogens (tertiary/aromatic N) is 1. The van der Waals surface area contributed by atoms with Crippen molar-refractivity contribution in [3.05, 3.63) is 64.3 Å². The van der Waals surface area contributed by atoms with Crippen molar-refractivity contribution in [1.82, 2.24) is 10.3 Å². The summed E-state index contributed by atoms with van der Waals surface area (Å²) in [6, 6.07) is 12.5. The molecule has 0 aliphatic carbocycles. The minimum Gasteiger partial charge on any atom is -0.505 e. The number of carbonyl (C=O) groups excluding carboxylic acids is 1. The number of ether oxygens (including phenoxy) is 1. The van der Waals surface area contributed by atoms with E-state index >= 15 is 0 Å². The van der Waals surface area contributed by atoms with Gasteiger partial charge in [-0.1, -0.05) is 47.5 Å². The van der Waals surface area contributed by atoms with Gasteiger partial charge in [-0.15, -0.1) is 0 Å². The molecule has 2 aromatic carbocycles. The van der Waals surface area contributed by atoms with Gasteiger partial charge in [-0.2, -0.15) is 0 Å². The minimum absolute atomic E-state index is 0.0562. The first-order valence-corrected chi connectivity index (χ1v) is 10.0. The van der Waals surface area contributed by atoms with Crippen LogP contribution in [0.2, 0.25) is 0 Å². The fraction of sp³-hybridized carbons (Fsp3) is 0.273. The number of aromatic hydroxyl groups is 1. The lowest BCUT2D eigenvalue weighted by Gasteiger charge is -2.22. The van der Waals surface area contributed by atoms with E-state index in [4.69, 9.17) is 4.74 Å². The van der Waals surface area contributed by atoms with Crippen LogP contribution in [-0.4, -0.2) is 23.1 Å². The van der Waals surface area contributed by atoms with E-state index in [-0.39, 0.29) is 11.7 Å². The molecule has 0 spiro atoms. The first kappa shape index (κ1) is 20.1. The van der Waals surface area contributed by atoms with E-state index in [1.54, 1.807) is 13.3 Å². The zero-order valence-electron chi connectivity index (χ0n) is 15.9. The van der Waals surface area contributed by atoms with Crippen LogP contribution >= 0.6 is 15.9 Å². The fourth-order valence-electron chi connectivity index (χ4n) is 3.13. The highest BCUT2D eigenvalue weighted by Gasteiger charge is 2.23. The topological polar surface area (TPSA) is 71.5 Å². The Hall–Kier alpha value is -2.60. The van der Waals surface area contributed by atoms with E-state index in [0.717, 1.165) is 34.0 Å². The van der Waals surface area contributed by atoms with Gasteiger partial charge in [0.15, 0.2) is 0 Å². The molecule has 0 fully saturated rings. The molecule has 3 rings (SSSR count). The average molecular weight is 443 g/mol. The monoisotopic (exact) mass is 442 g/mol. The van der Waals surface area contributed by atoms with Gasteiger partial charge >= 0.3 is 0 Å². The lowest BCUT2D eigenvalue weighted by Crippen LogP contribution is -2.29. The van der Waals surface area contributed by atoms with E-state index in [2.05, 4.69) is 26.2 Å². The van der Waals surface area contributed by atoms with Crippen LogP contribution in [0.5, 0.6) is 11.5 Å². The van der Waals surface area contributed by atoms with Gasteiger partial charge in [0.25, 0.3) is 0 Å². The molecule has 0 aliphatic heterocycles. The first-order valence-electron chi connectivity index (χ1n) is 9.24. The summed E-state index contributed by atoms with van der Waals surface area (Å²) in [5, 5.41) is 14.8. The maximum Gasteiger partial charge on any atom is 0.220 e. The molecule has 146 valence electrons. The molecule has 1 heterocycles. The summed E-state index contributed by atoms with van der Waals surface area (Å²) in [6.07, 6.45) is 3.84. The molecule has 0 saturated carbocycles. The molecule has 0 saturated heterocycles. The Morgan fingerprint density at radius 1 is 1.29 bits per heavy atom. The van der Waals surface area contributed by atoms with E-state index < -0.39 is 6.04 Å². The molecular weight excluding hydrogens is 420 g/mol. The number of nitrogens with one attached hydrogen (secondary N) is 1. The number of halogens is 1. The van der Waals surface area contributed by atoms with Gasteiger partial charge < -0.3 is 15.2 Å². The van der Waals surface area contributed by atoms with E-state index in [1.165, 1.54) is 0 Å². The molecule has 1 amide bonds. The third-order valence-corrected chi connectivity index (χ3v) is 5.32. The summed E-state index contributed by atoms with van der Waals surface area (Å²) in [4.78, 5) is 16.8. The number of phenols is 1. The normalized spacial score (nSPS) is 12.0. The van der Waals surface area contributed by atoms with Gasteiger partial charge in [0.2, 0.25) is 5.91 Å². The Balaban J connectivity index is 2.08. The number of aromatic nitrogens is 1. The van der Waals surface area contributed by atoms with Crippen LogP contribution in [0.25, 0.3) is 10.9 Å². The number of unbranched alkanes of at least 4 members (excludes halogenated alkanes) is 1. The summed E-state index contributed by atoms with van der Waals surface area (Å²) in [5.41, 5.74) is 1.93. The molecule has 0 radical (unpaired) electrons. The number of phenolic OH excluding ortho intramolecular Hbond substituents is 1. The van der Waals surface area contributed by atoms with Crippen molar-refractivity contribution in [2.24, 2.45) is 0 Å². The van der Waals surface area contributed by atoms with Gasteiger partial charge in [-0.3, -0.25) is 9.78 Å². The minimum atomic E-state index is -0.502. The molecule has 1 atom stereocenters. The molecule has 1 unspecified atom stereocenters. The zero-order chi connectivity index (χ0) is 20.1. The van der Waals surface area contributed by atoms with Crippen LogP contribution in [0.1, 0.15) is 43.4 Å². The van der Waals surface area contributed by atoms with Crippen LogP contribution in [0.3, 0.4) is 0 Å². The van der Waals surface area contributed by atoms with Crippen molar-refractivity contribution in [2.45, 2.75) is 32.2 Å². The van der Waals surface area contributed by atoms with Crippen LogP contribution in [-0.2, 0) is 4.79 Å². The Morgan fingerprint density at radius 2 is 2.04 bits per heavy atom. The lowest BCUT2D eigenvalue weighted by molar-refractivity contribution is -0.121. The van der Waals surface area contributed by atoms with Crippen molar-refractivity contribution in [3.63, 3.8) is 0 Å². The molecule has 1 aromatic heterocycles. The predicted molar refractivity (Wildman–Crippen MR) is 114 cm³/mol. The number of amides is 1. The smallest absolute Gasteiger partial charge is 0.220 e. The van der Waals surface area contributed by atoms with Gasteiger partial charge in [0.05, 0.1) is 13.2 Å².